The first kappa shape index (κ1) is 8.35. The van der Waals surface area contributed by atoms with E-state index in [2.05, 4.69) is 35.2 Å². The van der Waals surface area contributed by atoms with E-state index in [9.17, 15) is 0 Å². The summed E-state index contributed by atoms with van der Waals surface area (Å²) in [5, 5.41) is 0. The van der Waals surface area contributed by atoms with E-state index in [1.165, 1.54) is 0 Å². The number of hydrogen-bond acceptors (Lipinski definition) is 0. The molecular weight excluding hydrogens is 136 g/mol. The van der Waals surface area contributed by atoms with Crippen LogP contribution >= 0.6 is 19.7 Å². The van der Waals surface area contributed by atoms with Crippen LogP contribution in [-0.2, 0) is 0 Å². The lowest BCUT2D eigenvalue weighted by atomic mass is 11.9. The zero-order valence-electron chi connectivity index (χ0n) is 6.02. The summed E-state index contributed by atoms with van der Waals surface area (Å²) in [5.74, 6) is 3.99. The van der Waals surface area contributed by atoms with Crippen molar-refractivity contribution < 1.29 is 0 Å². The lowest BCUT2D eigenvalue weighted by molar-refractivity contribution is 2.34. The van der Waals surface area contributed by atoms with Crippen LogP contribution in [-0.4, -0.2) is 35.2 Å². The van der Waals surface area contributed by atoms with Gasteiger partial charge < -0.3 is 0 Å². The Hall–Kier alpha value is 0.350. The van der Waals surface area contributed by atoms with Gasteiger partial charge in [0.1, 0.15) is 0 Å². The van der Waals surface area contributed by atoms with Crippen molar-refractivity contribution in [3.05, 3.63) is 0 Å². The highest BCUT2D eigenvalue weighted by Crippen LogP contribution is 2.08. The highest BCUT2D eigenvalue weighted by Gasteiger charge is 1.72. The van der Waals surface area contributed by atoms with Gasteiger partial charge in [0.25, 0.3) is 0 Å². The molecule has 0 aliphatic heterocycles. The highest BCUT2D eigenvalue weighted by molar-refractivity contribution is 8.34. The van der Waals surface area contributed by atoms with E-state index >= 15 is 0 Å². The third kappa shape index (κ3) is 6.35. The standard InChI is InChI=1S/C6H14S2/c1-7(2)6-8(3,4)5/h3H2,1-2,4-5H3. The number of rotatable bonds is 0. The molecule has 0 amide bonds. The van der Waals surface area contributed by atoms with Crippen molar-refractivity contribution in [2.75, 3.05) is 25.0 Å². The van der Waals surface area contributed by atoms with Crippen molar-refractivity contribution in [1.29, 1.82) is 0 Å². The van der Waals surface area contributed by atoms with Crippen LogP contribution in [0.2, 0.25) is 0 Å². The molecule has 0 bridgehead atoms. The second-order valence-electron chi connectivity index (χ2n) is 2.44. The van der Waals surface area contributed by atoms with E-state index in [1.54, 1.807) is 0 Å². The van der Waals surface area contributed by atoms with Gasteiger partial charge >= 0.3 is 0 Å². The van der Waals surface area contributed by atoms with Gasteiger partial charge in [0.2, 0.25) is 0 Å². The topological polar surface area (TPSA) is 0 Å². The van der Waals surface area contributed by atoms with Crippen molar-refractivity contribution in [2.45, 2.75) is 0 Å². The van der Waals surface area contributed by atoms with Gasteiger partial charge in [-0.25, -0.2) is 0 Å². The molecule has 0 fully saturated rings. The average molecular weight is 150 g/mol. The lowest BCUT2D eigenvalue weighted by Crippen LogP contribution is -1.66. The molecule has 0 spiro atoms. The third-order valence-corrected chi connectivity index (χ3v) is 3.53. The first-order chi connectivity index (χ1) is 3.42. The summed E-state index contributed by atoms with van der Waals surface area (Å²) in [5.41, 5.74) is 0. The van der Waals surface area contributed by atoms with Crippen LogP contribution < -0.4 is 0 Å². The molecule has 8 heavy (non-hydrogen) atoms. The van der Waals surface area contributed by atoms with Gasteiger partial charge in [-0.3, -0.25) is 0 Å². The van der Waals surface area contributed by atoms with E-state index in [1.807, 2.05) is 0 Å². The molecule has 0 aromatic rings. The predicted octanol–water partition coefficient (Wildman–Crippen LogP) is 1.65. The third-order valence-electron chi connectivity index (χ3n) is 0.392. The quantitative estimate of drug-likeness (QED) is 0.461. The van der Waals surface area contributed by atoms with Crippen molar-refractivity contribution in [3.63, 3.8) is 0 Å². The fourth-order valence-electron chi connectivity index (χ4n) is 0.451. The zero-order valence-corrected chi connectivity index (χ0v) is 7.66. The summed E-state index contributed by atoms with van der Waals surface area (Å²) < 4.78 is 3.38. The molecule has 0 aromatic heterocycles. The molecule has 0 heterocycles. The molecule has 0 radical (unpaired) electrons. The minimum atomic E-state index is -0.711. The Morgan fingerprint density at radius 2 is 1.75 bits per heavy atom. The molecule has 0 N–H and O–H groups in total. The number of hydrogen-bond donors (Lipinski definition) is 0. The van der Waals surface area contributed by atoms with Crippen LogP contribution in [0.3, 0.4) is 0 Å². The Kier molecular flexibility index (Phi) is 2.89. The van der Waals surface area contributed by atoms with Crippen LogP contribution in [0.5, 0.6) is 0 Å². The van der Waals surface area contributed by atoms with E-state index < -0.39 is 9.21 Å². The molecule has 0 aliphatic rings. The summed E-state index contributed by atoms with van der Waals surface area (Å²) in [6.07, 6.45) is 8.64. The first-order valence-electron chi connectivity index (χ1n) is 2.33. The minimum Gasteiger partial charge on any atom is -0.171 e. The van der Waals surface area contributed by atoms with Gasteiger partial charge in [-0.05, 0) is 25.0 Å². The summed E-state index contributed by atoms with van der Waals surface area (Å²) >= 11 is 0. The van der Waals surface area contributed by atoms with Crippen molar-refractivity contribution >= 4 is 29.9 Å². The maximum Gasteiger partial charge on any atom is -0.0162 e. The Morgan fingerprint density at radius 3 is 1.75 bits per heavy atom. The Bertz CT molecular complexity index is 199. The van der Waals surface area contributed by atoms with E-state index in [0.717, 1.165) is 0 Å². The average Bonchev–Trinajstić information content (AvgIpc) is 1.21. The fraction of sp³-hybridized carbons (Fsp3) is 0.667. The summed E-state index contributed by atoms with van der Waals surface area (Å²) in [4.78, 5) is 0. The van der Waals surface area contributed by atoms with Gasteiger partial charge in [0.15, 0.2) is 0 Å². The molecule has 50 valence electrons. The van der Waals surface area contributed by atoms with Gasteiger partial charge in [0, 0.05) is 0 Å². The molecule has 2 heteroatoms. The van der Waals surface area contributed by atoms with Gasteiger partial charge in [0.05, 0.1) is 0 Å². The van der Waals surface area contributed by atoms with E-state index in [0.29, 0.717) is 10.5 Å². The fourth-order valence-corrected chi connectivity index (χ4v) is 4.06. The van der Waals surface area contributed by atoms with Crippen molar-refractivity contribution in [3.8, 4) is 0 Å². The lowest BCUT2D eigenvalue weighted by Gasteiger charge is -1.92. The summed E-state index contributed by atoms with van der Waals surface area (Å²) in [7, 11) is -0.372. The first-order valence-corrected chi connectivity index (χ1v) is 6.99. The maximum atomic E-state index is 3.99. The Labute approximate surface area is 55.3 Å². The molecule has 0 saturated carbocycles. The molecule has 0 nitrogen and oxygen atoms in total. The van der Waals surface area contributed by atoms with E-state index in [-0.39, 0.29) is 0 Å². The Balaban J connectivity index is 4.97. The second kappa shape index (κ2) is 2.77. The molecule has 0 atom stereocenters. The predicted molar refractivity (Wildman–Crippen MR) is 51.0 cm³/mol. The van der Waals surface area contributed by atoms with E-state index in [4.69, 9.17) is 0 Å². The SMILES string of the molecule is C=S(C)(C)=C=S(C)C. The van der Waals surface area contributed by atoms with Crippen molar-refractivity contribution in [1.82, 2.24) is 0 Å². The van der Waals surface area contributed by atoms with Crippen molar-refractivity contribution in [2.24, 2.45) is 0 Å². The minimum absolute atomic E-state index is 0.340. The monoisotopic (exact) mass is 150 g/mol. The Morgan fingerprint density at radius 1 is 1.38 bits per heavy atom. The molecule has 0 unspecified atom stereocenters. The molecule has 0 saturated heterocycles. The molecular formula is C6H14S2. The maximum absolute atomic E-state index is 3.99. The normalized spacial score (nSPS) is 11.6. The summed E-state index contributed by atoms with van der Waals surface area (Å²) in [6.45, 7) is 0. The van der Waals surface area contributed by atoms with Crippen LogP contribution in [0.1, 0.15) is 0 Å². The molecule has 0 aromatic carbocycles. The molecule has 0 rings (SSSR count). The summed E-state index contributed by atoms with van der Waals surface area (Å²) in [6, 6.07) is 0. The van der Waals surface area contributed by atoms with Crippen LogP contribution in [0, 0.1) is 0 Å². The van der Waals surface area contributed by atoms with Crippen LogP contribution in [0.15, 0.2) is 0 Å². The largest absolute Gasteiger partial charge is 0.171 e. The zero-order chi connectivity index (χ0) is 6.78. The second-order valence-corrected chi connectivity index (χ2v) is 7.81. The van der Waals surface area contributed by atoms with Gasteiger partial charge in [-0.15, -0.1) is 10.5 Å². The van der Waals surface area contributed by atoms with Gasteiger partial charge in [-0.1, -0.05) is 10.2 Å². The van der Waals surface area contributed by atoms with Gasteiger partial charge in [-0.2, -0.15) is 9.21 Å². The van der Waals surface area contributed by atoms with Crippen LogP contribution in [0.4, 0.5) is 0 Å². The van der Waals surface area contributed by atoms with Crippen LogP contribution in [0.25, 0.3) is 0 Å². The highest BCUT2D eigenvalue weighted by atomic mass is 32.2. The smallest absolute Gasteiger partial charge is 0.0162 e. The molecule has 0 aliphatic carbocycles.